The highest BCUT2D eigenvalue weighted by Gasteiger charge is 2.27. The van der Waals surface area contributed by atoms with Crippen LogP contribution in [0.25, 0.3) is 0 Å². The van der Waals surface area contributed by atoms with Crippen molar-refractivity contribution < 1.29 is 14.3 Å². The summed E-state index contributed by atoms with van der Waals surface area (Å²) in [5.74, 6) is 1.56. The molecule has 1 fully saturated rings. The van der Waals surface area contributed by atoms with Crippen molar-refractivity contribution in [3.05, 3.63) is 65.7 Å². The average molecular weight is 488 g/mol. The van der Waals surface area contributed by atoms with Crippen molar-refractivity contribution in [1.29, 1.82) is 5.26 Å². The number of allylic oxidation sites excluding steroid dienone is 2. The van der Waals surface area contributed by atoms with Gasteiger partial charge in [0.15, 0.2) is 11.5 Å². The minimum atomic E-state index is -0.0873. The fraction of sp³-hybridized carbons (Fsp3) is 0.393. The molecule has 0 aromatic heterocycles. The average Bonchev–Trinajstić information content (AvgIpc) is 2.94. The van der Waals surface area contributed by atoms with Gasteiger partial charge >= 0.3 is 0 Å². The first-order valence-electron chi connectivity index (χ1n) is 12.4. The molecule has 8 nitrogen and oxygen atoms in total. The minimum absolute atomic E-state index is 0.0873. The summed E-state index contributed by atoms with van der Waals surface area (Å²) >= 11 is 0. The Morgan fingerprint density at radius 3 is 2.61 bits per heavy atom. The zero-order chi connectivity index (χ0) is 25.3. The van der Waals surface area contributed by atoms with Crippen LogP contribution in [0.15, 0.2) is 59.6 Å². The molecule has 0 bridgehead atoms. The molecule has 2 heterocycles. The second kappa shape index (κ2) is 12.2. The van der Waals surface area contributed by atoms with E-state index in [0.717, 1.165) is 43.4 Å². The van der Waals surface area contributed by atoms with Crippen molar-refractivity contribution in [3.8, 4) is 17.6 Å². The lowest BCUT2D eigenvalue weighted by Crippen LogP contribution is -2.53. The van der Waals surface area contributed by atoms with Crippen LogP contribution in [0.1, 0.15) is 29.8 Å². The van der Waals surface area contributed by atoms with Gasteiger partial charge in [-0.25, -0.2) is 0 Å². The molecular weight excluding hydrogens is 454 g/mol. The summed E-state index contributed by atoms with van der Waals surface area (Å²) in [5, 5.41) is 9.06. The molecule has 2 aromatic carbocycles. The number of aliphatic imine (C=N–C) groups is 1. The lowest BCUT2D eigenvalue weighted by molar-refractivity contribution is 0.0691. The second-order valence-corrected chi connectivity index (χ2v) is 8.89. The number of hydrogen-bond acceptors (Lipinski definition) is 7. The maximum absolute atomic E-state index is 13.3. The van der Waals surface area contributed by atoms with Crippen molar-refractivity contribution in [2.75, 3.05) is 57.5 Å². The first kappa shape index (κ1) is 25.3. The molecule has 188 valence electrons. The Balaban J connectivity index is 1.40. The molecule has 8 heteroatoms. The smallest absolute Gasteiger partial charge is 0.255 e. The second-order valence-electron chi connectivity index (χ2n) is 8.89. The van der Waals surface area contributed by atoms with Gasteiger partial charge in [-0.1, -0.05) is 12.1 Å². The molecule has 4 rings (SSSR count). The van der Waals surface area contributed by atoms with E-state index in [2.05, 4.69) is 33.9 Å². The summed E-state index contributed by atoms with van der Waals surface area (Å²) < 4.78 is 11.7. The summed E-state index contributed by atoms with van der Waals surface area (Å²) in [4.78, 5) is 24.3. The topological polar surface area (TPSA) is 81.4 Å². The van der Waals surface area contributed by atoms with Crippen LogP contribution >= 0.6 is 0 Å². The number of carbonyl (C=O) groups excluding carboxylic acids is 1. The lowest BCUT2D eigenvalue weighted by Gasteiger charge is -2.41. The summed E-state index contributed by atoms with van der Waals surface area (Å²) in [6.45, 7) is 9.58. The van der Waals surface area contributed by atoms with Crippen LogP contribution in [0.4, 0.5) is 5.69 Å². The Bertz CT molecular complexity index is 1130. The number of carbonyl (C=O) groups is 1. The molecule has 1 atom stereocenters. The Morgan fingerprint density at radius 1 is 1.14 bits per heavy atom. The van der Waals surface area contributed by atoms with Crippen molar-refractivity contribution in [2.45, 2.75) is 19.9 Å². The molecule has 2 aliphatic heterocycles. The SMILES string of the molecule is C/C=C\C=N/CN(C[C@@H](C)N1CCN(c2cccc3c2OCCO3)CC1)C(=O)c1ccc(C#N)cc1. The highest BCUT2D eigenvalue weighted by atomic mass is 16.6. The van der Waals surface area contributed by atoms with Gasteiger partial charge in [-0.3, -0.25) is 14.7 Å². The number of nitrogens with zero attached hydrogens (tertiary/aromatic N) is 5. The van der Waals surface area contributed by atoms with Crippen molar-refractivity contribution in [2.24, 2.45) is 4.99 Å². The number of para-hydroxylation sites is 1. The summed E-state index contributed by atoms with van der Waals surface area (Å²) in [6, 6.07) is 15.1. The fourth-order valence-corrected chi connectivity index (χ4v) is 4.51. The molecule has 0 radical (unpaired) electrons. The number of piperazine rings is 1. The van der Waals surface area contributed by atoms with E-state index >= 15 is 0 Å². The molecule has 0 saturated carbocycles. The van der Waals surface area contributed by atoms with Crippen LogP contribution in [0.2, 0.25) is 0 Å². The summed E-state index contributed by atoms with van der Waals surface area (Å²) in [5.41, 5.74) is 2.17. The maximum Gasteiger partial charge on any atom is 0.255 e. The number of hydrogen-bond donors (Lipinski definition) is 0. The Hall–Kier alpha value is -3.83. The van der Waals surface area contributed by atoms with Crippen LogP contribution in [-0.4, -0.2) is 80.6 Å². The van der Waals surface area contributed by atoms with Gasteiger partial charge in [0.25, 0.3) is 5.91 Å². The number of rotatable bonds is 8. The van der Waals surface area contributed by atoms with Gasteiger partial charge in [-0.2, -0.15) is 5.26 Å². The van der Waals surface area contributed by atoms with Gasteiger partial charge in [-0.05, 0) is 56.3 Å². The van der Waals surface area contributed by atoms with E-state index in [0.29, 0.717) is 30.9 Å². The number of benzene rings is 2. The molecule has 2 aromatic rings. The van der Waals surface area contributed by atoms with Gasteiger partial charge in [-0.15, -0.1) is 0 Å². The fourth-order valence-electron chi connectivity index (χ4n) is 4.51. The molecule has 0 N–H and O–H groups in total. The molecule has 2 aliphatic rings. The zero-order valence-electron chi connectivity index (χ0n) is 21.0. The highest BCUT2D eigenvalue weighted by Crippen LogP contribution is 2.39. The molecule has 36 heavy (non-hydrogen) atoms. The predicted molar refractivity (Wildman–Crippen MR) is 141 cm³/mol. The minimum Gasteiger partial charge on any atom is -0.486 e. The summed E-state index contributed by atoms with van der Waals surface area (Å²) in [6.07, 6.45) is 5.47. The quantitative estimate of drug-likeness (QED) is 0.530. The Kier molecular flexibility index (Phi) is 8.58. The van der Waals surface area contributed by atoms with Gasteiger partial charge in [0.1, 0.15) is 19.9 Å². The molecular formula is C28H33N5O3. The lowest BCUT2D eigenvalue weighted by atomic mass is 10.1. The van der Waals surface area contributed by atoms with Crippen molar-refractivity contribution >= 4 is 17.8 Å². The molecule has 0 spiro atoms. The number of amides is 1. The third-order valence-electron chi connectivity index (χ3n) is 6.49. The van der Waals surface area contributed by atoms with Crippen LogP contribution in [0.3, 0.4) is 0 Å². The number of nitriles is 1. The van der Waals surface area contributed by atoms with Gasteiger partial charge in [0.05, 0.1) is 17.3 Å². The standard InChI is InChI=1S/C28H33N5O3/c1-3-4-12-30-21-33(28(34)24-10-8-23(19-29)9-11-24)20-22(2)31-13-15-32(16-14-31)25-6-5-7-26-27(25)36-18-17-35-26/h3-12,22H,13-18,20-21H2,1-2H3/b4-3-,30-12-/t22-/m1/s1. The molecule has 0 aliphatic carbocycles. The Labute approximate surface area is 213 Å². The zero-order valence-corrected chi connectivity index (χ0v) is 21.0. The van der Waals surface area contributed by atoms with Gasteiger partial charge < -0.3 is 19.3 Å². The number of ether oxygens (including phenoxy) is 2. The van der Waals surface area contributed by atoms with E-state index in [-0.39, 0.29) is 18.6 Å². The first-order valence-corrected chi connectivity index (χ1v) is 12.4. The van der Waals surface area contributed by atoms with Crippen LogP contribution in [0, 0.1) is 11.3 Å². The van der Waals surface area contributed by atoms with Crippen molar-refractivity contribution in [3.63, 3.8) is 0 Å². The maximum atomic E-state index is 13.3. The van der Waals surface area contributed by atoms with E-state index in [1.807, 2.05) is 31.2 Å². The highest BCUT2D eigenvalue weighted by molar-refractivity contribution is 5.94. The Morgan fingerprint density at radius 2 is 1.89 bits per heavy atom. The largest absolute Gasteiger partial charge is 0.486 e. The van der Waals surface area contributed by atoms with E-state index in [1.54, 1.807) is 35.4 Å². The van der Waals surface area contributed by atoms with Gasteiger partial charge in [0.2, 0.25) is 0 Å². The number of fused-ring (bicyclic) bond motifs is 1. The van der Waals surface area contributed by atoms with E-state index in [4.69, 9.17) is 14.7 Å². The van der Waals surface area contributed by atoms with Crippen LogP contribution < -0.4 is 14.4 Å². The van der Waals surface area contributed by atoms with Crippen molar-refractivity contribution in [1.82, 2.24) is 9.80 Å². The third-order valence-corrected chi connectivity index (χ3v) is 6.49. The molecule has 0 unspecified atom stereocenters. The summed E-state index contributed by atoms with van der Waals surface area (Å²) in [7, 11) is 0. The third kappa shape index (κ3) is 6.04. The normalized spacial score (nSPS) is 16.8. The molecule has 1 saturated heterocycles. The monoisotopic (exact) mass is 487 g/mol. The first-order chi connectivity index (χ1) is 17.6. The van der Waals surface area contributed by atoms with E-state index in [9.17, 15) is 4.79 Å². The van der Waals surface area contributed by atoms with Crippen LogP contribution in [0.5, 0.6) is 11.5 Å². The van der Waals surface area contributed by atoms with E-state index in [1.165, 1.54) is 0 Å². The van der Waals surface area contributed by atoms with E-state index < -0.39 is 0 Å². The molecule has 1 amide bonds. The van der Waals surface area contributed by atoms with Crippen LogP contribution in [-0.2, 0) is 0 Å². The predicted octanol–water partition coefficient (Wildman–Crippen LogP) is 3.59. The number of anilines is 1. The van der Waals surface area contributed by atoms with Gasteiger partial charge in [0, 0.05) is 50.5 Å².